The number of carbonyl (C=O) groups is 1. The summed E-state index contributed by atoms with van der Waals surface area (Å²) in [5.74, 6) is 1.35. The van der Waals surface area contributed by atoms with E-state index in [4.69, 9.17) is 9.47 Å². The van der Waals surface area contributed by atoms with Gasteiger partial charge >= 0.3 is 0 Å². The molecule has 2 rings (SSSR count). The number of hydrogen-bond donors (Lipinski definition) is 2. The predicted molar refractivity (Wildman–Crippen MR) is 81.1 cm³/mol. The SMILES string of the molecule is CCCNC(C)C(=O)Nc1ccc2c(c1)OCCO2.Cl. The van der Waals surface area contributed by atoms with E-state index in [1.165, 1.54) is 0 Å². The third-order valence-corrected chi connectivity index (χ3v) is 2.90. The number of carbonyl (C=O) groups excluding carboxylic acids is 1. The zero-order valence-electron chi connectivity index (χ0n) is 11.8. The van der Waals surface area contributed by atoms with E-state index in [2.05, 4.69) is 17.6 Å². The number of hydrogen-bond acceptors (Lipinski definition) is 4. The van der Waals surface area contributed by atoms with Gasteiger partial charge in [0, 0.05) is 11.8 Å². The maximum Gasteiger partial charge on any atom is 0.241 e. The summed E-state index contributed by atoms with van der Waals surface area (Å²) in [4.78, 5) is 11.9. The van der Waals surface area contributed by atoms with Crippen LogP contribution in [0.4, 0.5) is 5.69 Å². The minimum atomic E-state index is -0.215. The van der Waals surface area contributed by atoms with E-state index in [1.54, 1.807) is 6.07 Å². The Balaban J connectivity index is 0.00000200. The summed E-state index contributed by atoms with van der Waals surface area (Å²) in [5.41, 5.74) is 0.722. The molecule has 6 heteroatoms. The first-order chi connectivity index (χ1) is 9.20. The molecule has 0 spiro atoms. The van der Waals surface area contributed by atoms with Crippen LogP contribution in [0.1, 0.15) is 20.3 Å². The summed E-state index contributed by atoms with van der Waals surface area (Å²) in [6, 6.07) is 5.21. The maximum absolute atomic E-state index is 11.9. The highest BCUT2D eigenvalue weighted by molar-refractivity contribution is 5.94. The first kappa shape index (κ1) is 16.6. The summed E-state index contributed by atoms with van der Waals surface area (Å²) >= 11 is 0. The van der Waals surface area contributed by atoms with E-state index < -0.39 is 0 Å². The van der Waals surface area contributed by atoms with Gasteiger partial charge in [-0.15, -0.1) is 12.4 Å². The number of rotatable bonds is 5. The zero-order valence-corrected chi connectivity index (χ0v) is 12.6. The first-order valence-electron chi connectivity index (χ1n) is 6.64. The highest BCUT2D eigenvalue weighted by Crippen LogP contribution is 2.32. The zero-order chi connectivity index (χ0) is 13.7. The first-order valence-corrected chi connectivity index (χ1v) is 6.64. The lowest BCUT2D eigenvalue weighted by Crippen LogP contribution is -2.38. The van der Waals surface area contributed by atoms with Crippen LogP contribution in [-0.2, 0) is 4.79 Å². The third-order valence-electron chi connectivity index (χ3n) is 2.90. The number of fused-ring (bicyclic) bond motifs is 1. The van der Waals surface area contributed by atoms with Crippen molar-refractivity contribution in [1.29, 1.82) is 0 Å². The minimum absolute atomic E-state index is 0. The second kappa shape index (κ2) is 7.97. The van der Waals surface area contributed by atoms with Crippen LogP contribution in [0.25, 0.3) is 0 Å². The van der Waals surface area contributed by atoms with Crippen molar-refractivity contribution in [2.24, 2.45) is 0 Å². The normalized spacial score (nSPS) is 14.1. The van der Waals surface area contributed by atoms with Gasteiger partial charge in [-0.1, -0.05) is 6.92 Å². The highest BCUT2D eigenvalue weighted by Gasteiger charge is 2.15. The van der Waals surface area contributed by atoms with Gasteiger partial charge in [-0.05, 0) is 32.0 Å². The Morgan fingerprint density at radius 3 is 2.70 bits per heavy atom. The Morgan fingerprint density at radius 1 is 1.30 bits per heavy atom. The van der Waals surface area contributed by atoms with E-state index in [0.717, 1.165) is 24.4 Å². The van der Waals surface area contributed by atoms with Crippen LogP contribution >= 0.6 is 12.4 Å². The summed E-state index contributed by atoms with van der Waals surface area (Å²) in [7, 11) is 0. The molecule has 0 saturated carbocycles. The molecular weight excluding hydrogens is 280 g/mol. The number of amides is 1. The summed E-state index contributed by atoms with van der Waals surface area (Å²) < 4.78 is 10.9. The quantitative estimate of drug-likeness (QED) is 0.875. The fourth-order valence-electron chi connectivity index (χ4n) is 1.83. The Morgan fingerprint density at radius 2 is 2.00 bits per heavy atom. The molecule has 0 aromatic heterocycles. The predicted octanol–water partition coefficient (Wildman–Crippen LogP) is 2.21. The number of benzene rings is 1. The summed E-state index contributed by atoms with van der Waals surface area (Å²) in [5, 5.41) is 6.01. The highest BCUT2D eigenvalue weighted by atomic mass is 35.5. The molecule has 1 heterocycles. The van der Waals surface area contributed by atoms with Crippen LogP contribution in [0.2, 0.25) is 0 Å². The maximum atomic E-state index is 11.9. The van der Waals surface area contributed by atoms with E-state index in [1.807, 2.05) is 19.1 Å². The topological polar surface area (TPSA) is 59.6 Å². The molecule has 5 nitrogen and oxygen atoms in total. The molecule has 1 aliphatic rings. The van der Waals surface area contributed by atoms with Crippen molar-refractivity contribution in [1.82, 2.24) is 5.32 Å². The molecule has 0 aliphatic carbocycles. The Kier molecular flexibility index (Phi) is 6.61. The molecule has 0 saturated heterocycles. The molecule has 112 valence electrons. The molecule has 2 N–H and O–H groups in total. The van der Waals surface area contributed by atoms with Gasteiger partial charge in [-0.3, -0.25) is 4.79 Å². The van der Waals surface area contributed by atoms with Crippen LogP contribution in [0.5, 0.6) is 11.5 Å². The second-order valence-corrected chi connectivity index (χ2v) is 4.52. The lowest BCUT2D eigenvalue weighted by atomic mass is 10.2. The van der Waals surface area contributed by atoms with Gasteiger partial charge < -0.3 is 20.1 Å². The second-order valence-electron chi connectivity index (χ2n) is 4.52. The molecule has 0 radical (unpaired) electrons. The summed E-state index contributed by atoms with van der Waals surface area (Å²) in [6.07, 6.45) is 1.00. The monoisotopic (exact) mass is 300 g/mol. The van der Waals surface area contributed by atoms with Crippen molar-refractivity contribution in [2.45, 2.75) is 26.3 Å². The van der Waals surface area contributed by atoms with Gasteiger partial charge in [-0.25, -0.2) is 0 Å². The van der Waals surface area contributed by atoms with Gasteiger partial charge in [0.2, 0.25) is 5.91 Å². The van der Waals surface area contributed by atoms with Gasteiger partial charge in [-0.2, -0.15) is 0 Å². The standard InChI is InChI=1S/C14H20N2O3.ClH/c1-3-6-15-10(2)14(17)16-11-4-5-12-13(9-11)19-8-7-18-12;/h4-5,9-10,15H,3,6-8H2,1-2H3,(H,16,17);1H. The Hall–Kier alpha value is -1.46. The number of anilines is 1. The van der Waals surface area contributed by atoms with Crippen molar-refractivity contribution in [3.63, 3.8) is 0 Å². The van der Waals surface area contributed by atoms with Crippen molar-refractivity contribution in [3.05, 3.63) is 18.2 Å². The van der Waals surface area contributed by atoms with Crippen molar-refractivity contribution in [3.8, 4) is 11.5 Å². The number of nitrogens with one attached hydrogen (secondary N) is 2. The lowest BCUT2D eigenvalue weighted by Gasteiger charge is -2.19. The minimum Gasteiger partial charge on any atom is -0.486 e. The molecule has 1 atom stereocenters. The van der Waals surface area contributed by atoms with Crippen LogP contribution < -0.4 is 20.1 Å². The van der Waals surface area contributed by atoms with E-state index in [-0.39, 0.29) is 24.4 Å². The molecule has 1 amide bonds. The molecule has 0 fully saturated rings. The molecular formula is C14H21ClN2O3. The average Bonchev–Trinajstić information content (AvgIpc) is 2.44. The number of halogens is 1. The van der Waals surface area contributed by atoms with Gasteiger partial charge in [0.1, 0.15) is 13.2 Å². The number of ether oxygens (including phenoxy) is 2. The smallest absolute Gasteiger partial charge is 0.241 e. The van der Waals surface area contributed by atoms with Gasteiger partial charge in [0.05, 0.1) is 6.04 Å². The van der Waals surface area contributed by atoms with Crippen LogP contribution in [0, 0.1) is 0 Å². The van der Waals surface area contributed by atoms with Gasteiger partial charge in [0.25, 0.3) is 0 Å². The molecule has 0 bridgehead atoms. The van der Waals surface area contributed by atoms with Crippen LogP contribution in [0.3, 0.4) is 0 Å². The fourth-order valence-corrected chi connectivity index (χ4v) is 1.83. The Bertz CT molecular complexity index is 454. The lowest BCUT2D eigenvalue weighted by molar-refractivity contribution is -0.117. The van der Waals surface area contributed by atoms with Gasteiger partial charge in [0.15, 0.2) is 11.5 Å². The molecule has 1 aromatic rings. The van der Waals surface area contributed by atoms with Crippen molar-refractivity contribution >= 4 is 24.0 Å². The molecule has 1 aliphatic heterocycles. The van der Waals surface area contributed by atoms with Crippen LogP contribution in [-0.4, -0.2) is 31.7 Å². The summed E-state index contributed by atoms with van der Waals surface area (Å²) in [6.45, 7) is 5.85. The Labute approximate surface area is 125 Å². The average molecular weight is 301 g/mol. The largest absolute Gasteiger partial charge is 0.486 e. The van der Waals surface area contributed by atoms with E-state index in [9.17, 15) is 4.79 Å². The molecule has 1 unspecified atom stereocenters. The third kappa shape index (κ3) is 4.28. The van der Waals surface area contributed by atoms with Crippen molar-refractivity contribution in [2.75, 3.05) is 25.1 Å². The molecule has 20 heavy (non-hydrogen) atoms. The van der Waals surface area contributed by atoms with E-state index in [0.29, 0.717) is 19.0 Å². The fraction of sp³-hybridized carbons (Fsp3) is 0.500. The van der Waals surface area contributed by atoms with Crippen molar-refractivity contribution < 1.29 is 14.3 Å². The van der Waals surface area contributed by atoms with Crippen LogP contribution in [0.15, 0.2) is 18.2 Å². The van der Waals surface area contributed by atoms with E-state index >= 15 is 0 Å². The molecule has 1 aromatic carbocycles.